The van der Waals surface area contributed by atoms with Gasteiger partial charge in [-0.3, -0.25) is 9.69 Å². The summed E-state index contributed by atoms with van der Waals surface area (Å²) in [5, 5.41) is 5.04. The van der Waals surface area contributed by atoms with Gasteiger partial charge in [0, 0.05) is 29.1 Å². The highest BCUT2D eigenvalue weighted by Crippen LogP contribution is 2.46. The van der Waals surface area contributed by atoms with E-state index in [4.69, 9.17) is 14.5 Å². The number of carbonyl (C=O) groups is 1. The molecule has 6 rings (SSSR count). The standard InChI is InChI=1S/C25H23N3O3S2.ClH/c1-2-10-28-11-9-16-21(13-28)33-25(22(16)24-26-17-5-3-4-6-20(17)32-24)27-23(29)15-7-8-18-19(12-15)31-14-30-18;/h3-8,12H,2,9-11,13-14H2,1H3,(H,27,29);1H. The van der Waals surface area contributed by atoms with Gasteiger partial charge < -0.3 is 14.8 Å². The molecule has 0 saturated carbocycles. The van der Waals surface area contributed by atoms with E-state index >= 15 is 0 Å². The van der Waals surface area contributed by atoms with Gasteiger partial charge in [0.15, 0.2) is 11.5 Å². The number of carbonyl (C=O) groups excluding carboxylic acids is 1. The zero-order chi connectivity index (χ0) is 22.4. The topological polar surface area (TPSA) is 63.7 Å². The van der Waals surface area contributed by atoms with Crippen molar-refractivity contribution in [3.63, 3.8) is 0 Å². The van der Waals surface area contributed by atoms with Gasteiger partial charge in [-0.15, -0.1) is 35.1 Å². The molecule has 0 fully saturated rings. The first-order chi connectivity index (χ1) is 16.2. The first kappa shape index (κ1) is 23.1. The lowest BCUT2D eigenvalue weighted by molar-refractivity contribution is 0.102. The van der Waals surface area contributed by atoms with Crippen LogP contribution in [0.25, 0.3) is 20.8 Å². The summed E-state index contributed by atoms with van der Waals surface area (Å²) in [5.74, 6) is 1.12. The molecule has 0 radical (unpaired) electrons. The van der Waals surface area contributed by atoms with Crippen molar-refractivity contribution in [3.05, 3.63) is 58.5 Å². The van der Waals surface area contributed by atoms with Gasteiger partial charge in [0.1, 0.15) is 10.0 Å². The summed E-state index contributed by atoms with van der Waals surface area (Å²) in [7, 11) is 0. The van der Waals surface area contributed by atoms with Crippen LogP contribution in [0.2, 0.25) is 0 Å². The van der Waals surface area contributed by atoms with Crippen LogP contribution in [0.4, 0.5) is 5.00 Å². The molecule has 2 aliphatic heterocycles. The van der Waals surface area contributed by atoms with Gasteiger partial charge in [-0.05, 0) is 55.3 Å². The van der Waals surface area contributed by atoms with Crippen LogP contribution in [0.15, 0.2) is 42.5 Å². The Hall–Kier alpha value is -2.65. The number of benzene rings is 2. The number of anilines is 1. The molecule has 2 aromatic carbocycles. The second-order valence-corrected chi connectivity index (χ2v) is 10.4. The number of hydrogen-bond acceptors (Lipinski definition) is 7. The summed E-state index contributed by atoms with van der Waals surface area (Å²) in [4.78, 5) is 22.0. The Morgan fingerprint density at radius 2 is 2.00 bits per heavy atom. The minimum atomic E-state index is -0.153. The van der Waals surface area contributed by atoms with Crippen LogP contribution in [0, 0.1) is 0 Å². The van der Waals surface area contributed by atoms with E-state index in [-0.39, 0.29) is 25.1 Å². The SMILES string of the molecule is CCCN1CCc2c(sc(NC(=O)c3ccc4c(c3)OCO4)c2-c2nc3ccccc3s2)C1.Cl. The fourth-order valence-electron chi connectivity index (χ4n) is 4.47. The lowest BCUT2D eigenvalue weighted by atomic mass is 10.0. The van der Waals surface area contributed by atoms with Gasteiger partial charge in [0.05, 0.1) is 10.2 Å². The fourth-order valence-corrected chi connectivity index (χ4v) is 6.87. The first-order valence-corrected chi connectivity index (χ1v) is 12.8. The molecule has 2 aromatic heterocycles. The summed E-state index contributed by atoms with van der Waals surface area (Å²) < 4.78 is 12.0. The number of halogens is 1. The Morgan fingerprint density at radius 3 is 2.85 bits per heavy atom. The number of nitrogens with one attached hydrogen (secondary N) is 1. The summed E-state index contributed by atoms with van der Waals surface area (Å²) in [6, 6.07) is 13.5. The summed E-state index contributed by atoms with van der Waals surface area (Å²) in [6.45, 7) is 5.45. The van der Waals surface area contributed by atoms with Crippen molar-refractivity contribution in [2.45, 2.75) is 26.3 Å². The molecule has 0 aliphatic carbocycles. The van der Waals surface area contributed by atoms with E-state index in [1.54, 1.807) is 40.9 Å². The molecule has 0 atom stereocenters. The van der Waals surface area contributed by atoms with Gasteiger partial charge in [-0.1, -0.05) is 19.1 Å². The van der Waals surface area contributed by atoms with E-state index in [1.165, 1.54) is 10.4 Å². The fraction of sp³-hybridized carbons (Fsp3) is 0.280. The largest absolute Gasteiger partial charge is 0.454 e. The number of ether oxygens (including phenoxy) is 2. The maximum atomic E-state index is 13.2. The van der Waals surface area contributed by atoms with Crippen molar-refractivity contribution in [1.82, 2.24) is 9.88 Å². The summed E-state index contributed by atoms with van der Waals surface area (Å²) in [5.41, 5.74) is 3.95. The Kier molecular flexibility index (Phi) is 6.48. The molecular formula is C25H24ClN3O3S2. The quantitative estimate of drug-likeness (QED) is 0.344. The van der Waals surface area contributed by atoms with Gasteiger partial charge in [-0.25, -0.2) is 4.98 Å². The molecule has 1 N–H and O–H groups in total. The third-order valence-corrected chi connectivity index (χ3v) is 8.23. The molecule has 9 heteroatoms. The number of thiazole rings is 1. The predicted molar refractivity (Wildman–Crippen MR) is 140 cm³/mol. The van der Waals surface area contributed by atoms with E-state index in [1.807, 2.05) is 18.2 Å². The number of fused-ring (bicyclic) bond motifs is 3. The zero-order valence-corrected chi connectivity index (χ0v) is 21.1. The average Bonchev–Trinajstić information content (AvgIpc) is 3.54. The lowest BCUT2D eigenvalue weighted by Crippen LogP contribution is -2.30. The second kappa shape index (κ2) is 9.54. The average molecular weight is 514 g/mol. The molecule has 0 saturated heterocycles. The molecule has 34 heavy (non-hydrogen) atoms. The normalized spacial score (nSPS) is 14.6. The highest BCUT2D eigenvalue weighted by atomic mass is 35.5. The molecule has 4 heterocycles. The third-order valence-electron chi connectivity index (χ3n) is 6.05. The van der Waals surface area contributed by atoms with Crippen LogP contribution in [0.5, 0.6) is 11.5 Å². The van der Waals surface area contributed by atoms with Crippen molar-refractivity contribution in [2.24, 2.45) is 0 Å². The van der Waals surface area contributed by atoms with Crippen molar-refractivity contribution < 1.29 is 14.3 Å². The van der Waals surface area contributed by atoms with Crippen molar-refractivity contribution in [1.29, 1.82) is 0 Å². The van der Waals surface area contributed by atoms with E-state index in [2.05, 4.69) is 23.2 Å². The Morgan fingerprint density at radius 1 is 1.15 bits per heavy atom. The second-order valence-electron chi connectivity index (χ2n) is 8.24. The third kappa shape index (κ3) is 4.15. The van der Waals surface area contributed by atoms with Crippen molar-refractivity contribution in [3.8, 4) is 22.1 Å². The lowest BCUT2D eigenvalue weighted by Gasteiger charge is -2.26. The van der Waals surface area contributed by atoms with Crippen LogP contribution in [-0.4, -0.2) is 35.7 Å². The monoisotopic (exact) mass is 513 g/mol. The number of aromatic nitrogens is 1. The number of thiophene rings is 1. The van der Waals surface area contributed by atoms with Crippen LogP contribution in [0.1, 0.15) is 34.1 Å². The van der Waals surface area contributed by atoms with E-state index in [0.29, 0.717) is 17.1 Å². The van der Waals surface area contributed by atoms with Crippen LogP contribution < -0.4 is 14.8 Å². The molecule has 6 nitrogen and oxygen atoms in total. The zero-order valence-electron chi connectivity index (χ0n) is 18.6. The number of amides is 1. The van der Waals surface area contributed by atoms with Crippen LogP contribution in [0.3, 0.4) is 0 Å². The molecule has 176 valence electrons. The van der Waals surface area contributed by atoms with Gasteiger partial charge in [0.25, 0.3) is 5.91 Å². The molecule has 0 unspecified atom stereocenters. The Bertz CT molecular complexity index is 1330. The van der Waals surface area contributed by atoms with Crippen LogP contribution in [-0.2, 0) is 13.0 Å². The van der Waals surface area contributed by atoms with Crippen LogP contribution >= 0.6 is 35.1 Å². The maximum Gasteiger partial charge on any atom is 0.256 e. The van der Waals surface area contributed by atoms with Crippen molar-refractivity contribution >= 4 is 56.2 Å². The highest BCUT2D eigenvalue weighted by Gasteiger charge is 2.28. The molecular weight excluding hydrogens is 490 g/mol. The first-order valence-electron chi connectivity index (χ1n) is 11.1. The number of para-hydroxylation sites is 1. The molecule has 1 amide bonds. The summed E-state index contributed by atoms with van der Waals surface area (Å²) in [6.07, 6.45) is 2.11. The number of hydrogen-bond donors (Lipinski definition) is 1. The summed E-state index contributed by atoms with van der Waals surface area (Å²) >= 11 is 3.37. The van der Waals surface area contributed by atoms with E-state index in [0.717, 1.165) is 58.3 Å². The van der Waals surface area contributed by atoms with Crippen molar-refractivity contribution in [2.75, 3.05) is 25.2 Å². The van der Waals surface area contributed by atoms with E-state index < -0.39 is 0 Å². The number of rotatable bonds is 5. The molecule has 0 spiro atoms. The Balaban J connectivity index is 0.00000241. The predicted octanol–water partition coefficient (Wildman–Crippen LogP) is 6.20. The molecule has 2 aliphatic rings. The van der Waals surface area contributed by atoms with Gasteiger partial charge >= 0.3 is 0 Å². The minimum absolute atomic E-state index is 0. The molecule has 0 bridgehead atoms. The highest BCUT2D eigenvalue weighted by molar-refractivity contribution is 7.23. The Labute approximate surface area is 211 Å². The van der Waals surface area contributed by atoms with E-state index in [9.17, 15) is 4.79 Å². The minimum Gasteiger partial charge on any atom is -0.454 e. The smallest absolute Gasteiger partial charge is 0.256 e. The number of nitrogens with zero attached hydrogens (tertiary/aromatic N) is 2. The maximum absolute atomic E-state index is 13.2. The van der Waals surface area contributed by atoms with Gasteiger partial charge in [0.2, 0.25) is 6.79 Å². The van der Waals surface area contributed by atoms with Gasteiger partial charge in [-0.2, -0.15) is 0 Å². The molecule has 4 aromatic rings.